The topological polar surface area (TPSA) is 66.6 Å². The van der Waals surface area contributed by atoms with Crippen molar-refractivity contribution in [1.29, 1.82) is 0 Å². The van der Waals surface area contributed by atoms with Gasteiger partial charge in [0.1, 0.15) is 5.54 Å². The molecule has 86 valence electrons. The van der Waals surface area contributed by atoms with Crippen LogP contribution < -0.4 is 5.73 Å². The smallest absolute Gasteiger partial charge is 0.324 e. The fraction of sp³-hybridized carbons (Fsp3) is 0.909. The van der Waals surface area contributed by atoms with Gasteiger partial charge in [-0.2, -0.15) is 0 Å². The molecule has 1 heterocycles. The van der Waals surface area contributed by atoms with E-state index in [9.17, 15) is 9.90 Å². The quantitative estimate of drug-likeness (QED) is 0.700. The highest BCUT2D eigenvalue weighted by atomic mass is 16.4. The molecule has 0 aromatic carbocycles. The maximum atomic E-state index is 11.3. The minimum Gasteiger partial charge on any atom is -0.480 e. The van der Waals surface area contributed by atoms with E-state index >= 15 is 0 Å². The van der Waals surface area contributed by atoms with Gasteiger partial charge in [0.25, 0.3) is 0 Å². The molecule has 0 amide bonds. The summed E-state index contributed by atoms with van der Waals surface area (Å²) in [5, 5.41) is 9.32. The molecule has 1 saturated heterocycles. The van der Waals surface area contributed by atoms with Crippen molar-refractivity contribution in [2.45, 2.75) is 31.7 Å². The van der Waals surface area contributed by atoms with E-state index in [-0.39, 0.29) is 11.8 Å². The summed E-state index contributed by atoms with van der Waals surface area (Å²) in [5.41, 5.74) is 5.19. The van der Waals surface area contributed by atoms with E-state index < -0.39 is 11.5 Å². The zero-order valence-corrected chi connectivity index (χ0v) is 9.28. The normalized spacial score (nSPS) is 41.5. The molecular formula is C11H20N2O2. The second-order valence-corrected chi connectivity index (χ2v) is 4.92. The van der Waals surface area contributed by atoms with Crippen molar-refractivity contribution in [3.05, 3.63) is 0 Å². The van der Waals surface area contributed by atoms with Gasteiger partial charge in [-0.3, -0.25) is 4.79 Å². The summed E-state index contributed by atoms with van der Waals surface area (Å²) < 4.78 is 0. The minimum absolute atomic E-state index is 0.141. The first-order valence-corrected chi connectivity index (χ1v) is 5.83. The number of likely N-dealkylation sites (tertiary alicyclic amines) is 1. The van der Waals surface area contributed by atoms with Crippen molar-refractivity contribution in [1.82, 2.24) is 4.90 Å². The van der Waals surface area contributed by atoms with E-state index in [4.69, 9.17) is 5.73 Å². The number of carboxylic acids is 1. The number of nitrogens with zero attached hydrogens (tertiary/aromatic N) is 1. The second kappa shape index (κ2) is 3.76. The summed E-state index contributed by atoms with van der Waals surface area (Å²) >= 11 is 0. The molecule has 0 aromatic rings. The van der Waals surface area contributed by atoms with Crippen LogP contribution >= 0.6 is 0 Å². The summed E-state index contributed by atoms with van der Waals surface area (Å²) in [7, 11) is 0. The number of carbonyl (C=O) groups is 1. The lowest BCUT2D eigenvalue weighted by Crippen LogP contribution is -2.68. The number of rotatable bonds is 2. The van der Waals surface area contributed by atoms with Crippen LogP contribution in [-0.4, -0.2) is 41.1 Å². The summed E-state index contributed by atoms with van der Waals surface area (Å²) in [4.78, 5) is 13.7. The SMILES string of the molecule is CCN1CC2CCCC(C1)C2(N)C(=O)O. The number of carboxylic acid groups (broad SMARTS) is 1. The molecule has 4 nitrogen and oxygen atoms in total. The summed E-state index contributed by atoms with van der Waals surface area (Å²) in [5.74, 6) is -0.516. The Morgan fingerprint density at radius 1 is 1.47 bits per heavy atom. The number of hydrogen-bond acceptors (Lipinski definition) is 3. The molecular weight excluding hydrogens is 192 g/mol. The lowest BCUT2D eigenvalue weighted by Gasteiger charge is -2.51. The third-order valence-corrected chi connectivity index (χ3v) is 4.23. The highest BCUT2D eigenvalue weighted by Gasteiger charge is 2.53. The summed E-state index contributed by atoms with van der Waals surface area (Å²) in [6.45, 7) is 4.84. The maximum Gasteiger partial charge on any atom is 0.324 e. The number of nitrogens with two attached hydrogens (primary N) is 1. The van der Waals surface area contributed by atoms with Gasteiger partial charge in [0.2, 0.25) is 0 Å². The fourth-order valence-electron chi connectivity index (χ4n) is 3.21. The van der Waals surface area contributed by atoms with E-state index in [0.29, 0.717) is 0 Å². The van der Waals surface area contributed by atoms with Gasteiger partial charge in [-0.05, 0) is 19.4 Å². The van der Waals surface area contributed by atoms with Crippen LogP contribution in [0.25, 0.3) is 0 Å². The molecule has 2 rings (SSSR count). The molecule has 15 heavy (non-hydrogen) atoms. The number of piperidine rings is 1. The van der Waals surface area contributed by atoms with Crippen LogP contribution in [0.15, 0.2) is 0 Å². The molecule has 2 fully saturated rings. The lowest BCUT2D eigenvalue weighted by molar-refractivity contribution is -0.154. The Kier molecular flexibility index (Phi) is 2.73. The molecule has 2 aliphatic rings. The summed E-state index contributed by atoms with van der Waals surface area (Å²) in [6, 6.07) is 0. The molecule has 2 unspecified atom stereocenters. The largest absolute Gasteiger partial charge is 0.480 e. The third-order valence-electron chi connectivity index (χ3n) is 4.23. The summed E-state index contributed by atoms with van der Waals surface area (Å²) in [6.07, 6.45) is 3.07. The van der Waals surface area contributed by atoms with Gasteiger partial charge in [-0.1, -0.05) is 13.3 Å². The predicted octanol–water partition coefficient (Wildman–Crippen LogP) is 0.520. The molecule has 4 heteroatoms. The number of fused-ring (bicyclic) bond motifs is 2. The number of hydrogen-bond donors (Lipinski definition) is 2. The van der Waals surface area contributed by atoms with Gasteiger partial charge < -0.3 is 15.7 Å². The molecule has 0 aromatic heterocycles. The van der Waals surface area contributed by atoms with Gasteiger partial charge in [0.15, 0.2) is 0 Å². The van der Waals surface area contributed by atoms with Crippen molar-refractivity contribution in [2.24, 2.45) is 17.6 Å². The van der Waals surface area contributed by atoms with Crippen LogP contribution in [0.4, 0.5) is 0 Å². The average Bonchev–Trinajstić information content (AvgIpc) is 2.16. The lowest BCUT2D eigenvalue weighted by atomic mass is 9.63. The third kappa shape index (κ3) is 1.56. The molecule has 1 aliphatic carbocycles. The second-order valence-electron chi connectivity index (χ2n) is 4.92. The molecule has 0 radical (unpaired) electrons. The first-order chi connectivity index (χ1) is 7.09. The van der Waals surface area contributed by atoms with Crippen LogP contribution in [0, 0.1) is 11.8 Å². The van der Waals surface area contributed by atoms with Crippen LogP contribution in [0.1, 0.15) is 26.2 Å². The molecule has 3 N–H and O–H groups in total. The van der Waals surface area contributed by atoms with Gasteiger partial charge in [-0.25, -0.2) is 0 Å². The van der Waals surface area contributed by atoms with Crippen molar-refractivity contribution in [2.75, 3.05) is 19.6 Å². The van der Waals surface area contributed by atoms with E-state index in [2.05, 4.69) is 11.8 Å². The zero-order chi connectivity index (χ0) is 11.1. The van der Waals surface area contributed by atoms with Crippen molar-refractivity contribution < 1.29 is 9.90 Å². The van der Waals surface area contributed by atoms with Crippen molar-refractivity contribution >= 4 is 5.97 Å². The van der Waals surface area contributed by atoms with Crippen LogP contribution in [0.2, 0.25) is 0 Å². The molecule has 2 atom stereocenters. The zero-order valence-electron chi connectivity index (χ0n) is 9.28. The first-order valence-electron chi connectivity index (χ1n) is 5.83. The Balaban J connectivity index is 2.24. The molecule has 2 bridgehead atoms. The maximum absolute atomic E-state index is 11.3. The minimum atomic E-state index is -0.954. The van der Waals surface area contributed by atoms with Crippen LogP contribution in [0.3, 0.4) is 0 Å². The molecule has 1 saturated carbocycles. The van der Waals surface area contributed by atoms with Crippen LogP contribution in [0.5, 0.6) is 0 Å². The first kappa shape index (κ1) is 10.9. The van der Waals surface area contributed by atoms with Crippen LogP contribution in [-0.2, 0) is 4.79 Å². The Bertz CT molecular complexity index is 253. The fourth-order valence-corrected chi connectivity index (χ4v) is 3.21. The Hall–Kier alpha value is -0.610. The average molecular weight is 212 g/mol. The molecule has 0 spiro atoms. The highest BCUT2D eigenvalue weighted by Crippen LogP contribution is 2.41. The Labute approximate surface area is 90.4 Å². The van der Waals surface area contributed by atoms with E-state index in [1.54, 1.807) is 0 Å². The number of aliphatic carboxylic acids is 1. The van der Waals surface area contributed by atoms with E-state index in [0.717, 1.165) is 38.9 Å². The van der Waals surface area contributed by atoms with Gasteiger partial charge in [-0.15, -0.1) is 0 Å². The van der Waals surface area contributed by atoms with Crippen molar-refractivity contribution in [3.8, 4) is 0 Å². The Morgan fingerprint density at radius 2 is 2.00 bits per heavy atom. The van der Waals surface area contributed by atoms with Gasteiger partial charge in [0, 0.05) is 24.9 Å². The van der Waals surface area contributed by atoms with Gasteiger partial charge >= 0.3 is 5.97 Å². The predicted molar refractivity (Wildman–Crippen MR) is 57.5 cm³/mol. The van der Waals surface area contributed by atoms with Crippen molar-refractivity contribution in [3.63, 3.8) is 0 Å². The monoisotopic (exact) mass is 212 g/mol. The Morgan fingerprint density at radius 3 is 2.40 bits per heavy atom. The van der Waals surface area contributed by atoms with Gasteiger partial charge in [0.05, 0.1) is 0 Å². The molecule has 1 aliphatic heterocycles. The standard InChI is InChI=1S/C11H20N2O2/c1-2-13-6-8-4-3-5-9(7-13)11(8,12)10(14)15/h8-9H,2-7,12H2,1H3,(H,14,15). The van der Waals surface area contributed by atoms with E-state index in [1.807, 2.05) is 0 Å². The van der Waals surface area contributed by atoms with E-state index in [1.165, 1.54) is 0 Å². The highest BCUT2D eigenvalue weighted by molar-refractivity contribution is 5.80.